The minimum Gasteiger partial charge on any atom is -0.276 e. The van der Waals surface area contributed by atoms with Crippen molar-refractivity contribution in [3.05, 3.63) is 78.1 Å². The van der Waals surface area contributed by atoms with Gasteiger partial charge in [0.25, 0.3) is 10.0 Å². The summed E-state index contributed by atoms with van der Waals surface area (Å²) in [6.07, 6.45) is 4.84. The van der Waals surface area contributed by atoms with Crippen LogP contribution in [-0.4, -0.2) is 23.6 Å². The lowest BCUT2D eigenvalue weighted by atomic mass is 10.0. The van der Waals surface area contributed by atoms with Gasteiger partial charge in [-0.2, -0.15) is 10.2 Å². The molecular formula is C19H12ClFN4O2S. The minimum atomic E-state index is -3.95. The van der Waals surface area contributed by atoms with Crippen LogP contribution in [0.15, 0.2) is 72.0 Å². The Balaban J connectivity index is 1.71. The van der Waals surface area contributed by atoms with Crippen molar-refractivity contribution < 1.29 is 12.8 Å². The second-order valence-corrected chi connectivity index (χ2v) is 8.00. The molecule has 0 radical (unpaired) electrons. The number of halogens is 2. The number of aromatic nitrogens is 3. The molecule has 2 aromatic carbocycles. The van der Waals surface area contributed by atoms with Gasteiger partial charge in [-0.05, 0) is 42.0 Å². The van der Waals surface area contributed by atoms with Crippen molar-refractivity contribution in [2.45, 2.75) is 4.90 Å². The Labute approximate surface area is 165 Å². The van der Waals surface area contributed by atoms with E-state index >= 15 is 0 Å². The molecule has 0 amide bonds. The average molecular weight is 415 g/mol. The molecule has 1 N–H and O–H groups in total. The second kappa shape index (κ2) is 7.14. The molecule has 9 heteroatoms. The average Bonchev–Trinajstić information content (AvgIpc) is 2.69. The van der Waals surface area contributed by atoms with Gasteiger partial charge in [-0.15, -0.1) is 0 Å². The summed E-state index contributed by atoms with van der Waals surface area (Å²) in [6, 6.07) is 11.7. The SMILES string of the molecule is O=S(=O)(Nc1cc(-c2ccc3cnncc3c2)cnc1Cl)c1ccc(F)cc1. The third-order valence-corrected chi connectivity index (χ3v) is 5.77. The second-order valence-electron chi connectivity index (χ2n) is 5.95. The quantitative estimate of drug-likeness (QED) is 0.503. The molecule has 0 bridgehead atoms. The fourth-order valence-corrected chi connectivity index (χ4v) is 3.93. The van der Waals surface area contributed by atoms with Crippen LogP contribution in [0.25, 0.3) is 21.9 Å². The number of hydrogen-bond donors (Lipinski definition) is 1. The predicted molar refractivity (Wildman–Crippen MR) is 105 cm³/mol. The molecular weight excluding hydrogens is 403 g/mol. The first-order chi connectivity index (χ1) is 13.4. The van der Waals surface area contributed by atoms with Crippen LogP contribution in [0.4, 0.5) is 10.1 Å². The fraction of sp³-hybridized carbons (Fsp3) is 0. The summed E-state index contributed by atoms with van der Waals surface area (Å²) in [6.45, 7) is 0. The van der Waals surface area contributed by atoms with Crippen molar-refractivity contribution in [2.75, 3.05) is 4.72 Å². The molecule has 0 saturated heterocycles. The van der Waals surface area contributed by atoms with Gasteiger partial charge in [0.15, 0.2) is 5.15 Å². The van der Waals surface area contributed by atoms with Crippen LogP contribution in [0, 0.1) is 5.82 Å². The number of hydrogen-bond acceptors (Lipinski definition) is 5. The van der Waals surface area contributed by atoms with Crippen molar-refractivity contribution in [2.24, 2.45) is 0 Å². The number of nitrogens with one attached hydrogen (secondary N) is 1. The van der Waals surface area contributed by atoms with E-state index in [2.05, 4.69) is 19.9 Å². The number of pyridine rings is 1. The third kappa shape index (κ3) is 3.64. The van der Waals surface area contributed by atoms with Crippen molar-refractivity contribution in [3.63, 3.8) is 0 Å². The summed E-state index contributed by atoms with van der Waals surface area (Å²) in [7, 11) is -3.95. The fourth-order valence-electron chi connectivity index (χ4n) is 2.67. The molecule has 0 saturated carbocycles. The third-order valence-electron chi connectivity index (χ3n) is 4.09. The number of rotatable bonds is 4. The van der Waals surface area contributed by atoms with Crippen LogP contribution in [0.3, 0.4) is 0 Å². The first-order valence-electron chi connectivity index (χ1n) is 8.07. The molecule has 0 aliphatic carbocycles. The van der Waals surface area contributed by atoms with E-state index in [1.54, 1.807) is 24.7 Å². The summed E-state index contributed by atoms with van der Waals surface area (Å²) >= 11 is 6.08. The summed E-state index contributed by atoms with van der Waals surface area (Å²) in [5, 5.41) is 9.51. The zero-order chi connectivity index (χ0) is 19.7. The topological polar surface area (TPSA) is 84.8 Å². The van der Waals surface area contributed by atoms with E-state index in [0.717, 1.165) is 28.5 Å². The molecule has 0 fully saturated rings. The van der Waals surface area contributed by atoms with Gasteiger partial charge in [-0.3, -0.25) is 4.72 Å². The lowest BCUT2D eigenvalue weighted by Crippen LogP contribution is -2.13. The molecule has 140 valence electrons. The molecule has 28 heavy (non-hydrogen) atoms. The predicted octanol–water partition coefficient (Wildman–Crippen LogP) is 4.29. The number of nitrogens with zero attached hydrogens (tertiary/aromatic N) is 3. The Morgan fingerprint density at radius 1 is 0.857 bits per heavy atom. The standard InChI is InChI=1S/C19H12ClFN4O2S/c20-19-18(25-28(26,27)17-5-3-16(21)4-6-17)8-15(9-22-19)12-1-2-13-10-23-24-11-14(13)7-12/h1-11,25H. The zero-order valence-corrected chi connectivity index (χ0v) is 15.7. The smallest absolute Gasteiger partial charge is 0.261 e. The number of anilines is 1. The highest BCUT2D eigenvalue weighted by molar-refractivity contribution is 7.92. The Hall–Kier alpha value is -3.10. The molecule has 4 rings (SSSR count). The monoisotopic (exact) mass is 414 g/mol. The van der Waals surface area contributed by atoms with E-state index in [4.69, 9.17) is 11.6 Å². The van der Waals surface area contributed by atoms with Crippen molar-refractivity contribution >= 4 is 38.1 Å². The van der Waals surface area contributed by atoms with Crippen LogP contribution in [0.2, 0.25) is 5.15 Å². The van der Waals surface area contributed by atoms with Crippen molar-refractivity contribution in [1.82, 2.24) is 15.2 Å². The zero-order valence-electron chi connectivity index (χ0n) is 14.2. The largest absolute Gasteiger partial charge is 0.276 e. The molecule has 6 nitrogen and oxygen atoms in total. The van der Waals surface area contributed by atoms with Crippen molar-refractivity contribution in [1.29, 1.82) is 0 Å². The molecule has 2 heterocycles. The van der Waals surface area contributed by atoms with Crippen LogP contribution < -0.4 is 4.72 Å². The van der Waals surface area contributed by atoms with Gasteiger partial charge < -0.3 is 0 Å². The maximum Gasteiger partial charge on any atom is 0.261 e. The van der Waals surface area contributed by atoms with Gasteiger partial charge in [0.2, 0.25) is 0 Å². The van der Waals surface area contributed by atoms with Crippen molar-refractivity contribution in [3.8, 4) is 11.1 Å². The number of fused-ring (bicyclic) bond motifs is 1. The van der Waals surface area contributed by atoms with Gasteiger partial charge in [0, 0.05) is 22.5 Å². The summed E-state index contributed by atoms with van der Waals surface area (Å²) in [4.78, 5) is 3.99. The van der Waals surface area contributed by atoms with Gasteiger partial charge in [-0.1, -0.05) is 23.7 Å². The molecule has 0 spiro atoms. The first-order valence-corrected chi connectivity index (χ1v) is 9.93. The molecule has 4 aromatic rings. The minimum absolute atomic E-state index is 0.00101. The van der Waals surface area contributed by atoms with Crippen LogP contribution in [0.1, 0.15) is 0 Å². The van der Waals surface area contributed by atoms with Gasteiger partial charge >= 0.3 is 0 Å². The molecule has 2 aromatic heterocycles. The first kappa shape index (κ1) is 18.3. The molecule has 0 aliphatic heterocycles. The highest BCUT2D eigenvalue weighted by Crippen LogP contribution is 2.30. The van der Waals surface area contributed by atoms with E-state index in [0.29, 0.717) is 5.56 Å². The Morgan fingerprint density at radius 3 is 2.32 bits per heavy atom. The highest BCUT2D eigenvalue weighted by atomic mass is 35.5. The van der Waals surface area contributed by atoms with Gasteiger partial charge in [0.1, 0.15) is 5.82 Å². The number of sulfonamides is 1. The van der Waals surface area contributed by atoms with E-state index in [-0.39, 0.29) is 15.7 Å². The van der Waals surface area contributed by atoms with Gasteiger partial charge in [-0.25, -0.2) is 17.8 Å². The van der Waals surface area contributed by atoms with E-state index < -0.39 is 15.8 Å². The Morgan fingerprint density at radius 2 is 1.57 bits per heavy atom. The maximum atomic E-state index is 13.1. The summed E-state index contributed by atoms with van der Waals surface area (Å²) in [5.74, 6) is -0.526. The van der Waals surface area contributed by atoms with Crippen LogP contribution in [0.5, 0.6) is 0 Å². The number of benzene rings is 2. The van der Waals surface area contributed by atoms with Crippen LogP contribution in [-0.2, 0) is 10.0 Å². The highest BCUT2D eigenvalue weighted by Gasteiger charge is 2.17. The van der Waals surface area contributed by atoms with E-state index in [1.165, 1.54) is 12.1 Å². The van der Waals surface area contributed by atoms with E-state index in [1.807, 2.05) is 18.2 Å². The molecule has 0 aliphatic rings. The summed E-state index contributed by atoms with van der Waals surface area (Å²) in [5.41, 5.74) is 1.60. The molecule has 0 unspecified atom stereocenters. The van der Waals surface area contributed by atoms with E-state index in [9.17, 15) is 12.8 Å². The maximum absolute atomic E-state index is 13.1. The lowest BCUT2D eigenvalue weighted by Gasteiger charge is -2.11. The van der Waals surface area contributed by atoms with Gasteiger partial charge in [0.05, 0.1) is 23.0 Å². The normalized spacial score (nSPS) is 11.5. The Kier molecular flexibility index (Phi) is 4.66. The summed E-state index contributed by atoms with van der Waals surface area (Å²) < 4.78 is 40.6. The Bertz CT molecular complexity index is 1280. The van der Waals surface area contributed by atoms with Crippen LogP contribution >= 0.6 is 11.6 Å². The molecule has 0 atom stereocenters. The lowest BCUT2D eigenvalue weighted by molar-refractivity contribution is 0.599.